The van der Waals surface area contributed by atoms with Gasteiger partial charge in [-0.15, -0.1) is 0 Å². The van der Waals surface area contributed by atoms with E-state index in [9.17, 15) is 14.9 Å². The van der Waals surface area contributed by atoms with Crippen molar-refractivity contribution in [2.45, 2.75) is 6.42 Å². The summed E-state index contributed by atoms with van der Waals surface area (Å²) in [5, 5.41) is 11.2. The predicted molar refractivity (Wildman–Crippen MR) is 79.1 cm³/mol. The first-order valence-corrected chi connectivity index (χ1v) is 6.59. The summed E-state index contributed by atoms with van der Waals surface area (Å²) in [5.41, 5.74) is 1.14. The van der Waals surface area contributed by atoms with Crippen molar-refractivity contribution >= 4 is 23.6 Å². The van der Waals surface area contributed by atoms with E-state index < -0.39 is 4.92 Å². The molecule has 0 heterocycles. The van der Waals surface area contributed by atoms with Gasteiger partial charge in [-0.1, -0.05) is 29.8 Å². The van der Waals surface area contributed by atoms with Crippen molar-refractivity contribution in [2.24, 2.45) is 0 Å². The molecule has 0 unspecified atom stereocenters. The highest BCUT2D eigenvalue weighted by Gasteiger charge is 2.12. The van der Waals surface area contributed by atoms with E-state index in [1.807, 2.05) is 0 Å². The van der Waals surface area contributed by atoms with Gasteiger partial charge in [0.2, 0.25) is 0 Å². The quantitative estimate of drug-likeness (QED) is 0.464. The molecule has 108 valence electrons. The number of carbonyl (C=O) groups excluding carboxylic acids is 1. The van der Waals surface area contributed by atoms with Gasteiger partial charge in [-0.2, -0.15) is 0 Å². The summed E-state index contributed by atoms with van der Waals surface area (Å²) in [6, 6.07) is 11.2. The van der Waals surface area contributed by atoms with Gasteiger partial charge < -0.3 is 4.74 Å². The van der Waals surface area contributed by atoms with Gasteiger partial charge in [0, 0.05) is 23.6 Å². The van der Waals surface area contributed by atoms with Crippen LogP contribution in [0.5, 0.6) is 5.75 Å². The van der Waals surface area contributed by atoms with E-state index in [2.05, 4.69) is 0 Å². The van der Waals surface area contributed by atoms with E-state index in [1.54, 1.807) is 30.3 Å². The third kappa shape index (κ3) is 3.79. The molecule has 2 aromatic rings. The molecule has 5 nitrogen and oxygen atoms in total. The summed E-state index contributed by atoms with van der Waals surface area (Å²) in [5.74, 6) is 0.445. The smallest absolute Gasteiger partial charge is 0.272 e. The Bertz CT molecular complexity index is 672. The third-order valence-corrected chi connectivity index (χ3v) is 3.20. The molecule has 0 amide bonds. The number of nitro groups is 1. The van der Waals surface area contributed by atoms with Crippen molar-refractivity contribution in [3.8, 4) is 5.75 Å². The number of rotatable bonds is 6. The minimum atomic E-state index is -0.415. The van der Waals surface area contributed by atoms with Crippen LogP contribution in [0.4, 0.5) is 5.69 Å². The van der Waals surface area contributed by atoms with Crippen LogP contribution in [0.2, 0.25) is 5.02 Å². The van der Waals surface area contributed by atoms with E-state index in [4.69, 9.17) is 16.3 Å². The maximum Gasteiger partial charge on any atom is 0.272 e. The first-order chi connectivity index (χ1) is 10.1. The van der Waals surface area contributed by atoms with Crippen LogP contribution in [-0.4, -0.2) is 17.8 Å². The Hall–Kier alpha value is -2.40. The summed E-state index contributed by atoms with van der Waals surface area (Å²) in [7, 11) is 0. The van der Waals surface area contributed by atoms with Gasteiger partial charge in [0.15, 0.2) is 0 Å². The van der Waals surface area contributed by atoms with Crippen molar-refractivity contribution in [2.75, 3.05) is 6.61 Å². The van der Waals surface area contributed by atoms with Gasteiger partial charge in [0.05, 0.1) is 16.6 Å². The maximum absolute atomic E-state index is 10.9. The van der Waals surface area contributed by atoms with Crippen LogP contribution in [0.25, 0.3) is 0 Å². The van der Waals surface area contributed by atoms with Crippen molar-refractivity contribution < 1.29 is 14.5 Å². The van der Waals surface area contributed by atoms with E-state index in [-0.39, 0.29) is 12.3 Å². The number of nitro benzene ring substituents is 1. The lowest BCUT2D eigenvalue weighted by atomic mass is 10.1. The molecule has 0 aliphatic rings. The summed E-state index contributed by atoms with van der Waals surface area (Å²) in [4.78, 5) is 21.1. The van der Waals surface area contributed by atoms with Crippen LogP contribution in [-0.2, 0) is 6.42 Å². The van der Waals surface area contributed by atoms with Gasteiger partial charge in [-0.3, -0.25) is 14.9 Å². The molecule has 0 radical (unpaired) electrons. The maximum atomic E-state index is 10.9. The Morgan fingerprint density at radius 3 is 2.67 bits per heavy atom. The lowest BCUT2D eigenvalue weighted by molar-refractivity contribution is -0.385. The van der Waals surface area contributed by atoms with Gasteiger partial charge in [-0.05, 0) is 18.2 Å². The number of hydrogen-bond acceptors (Lipinski definition) is 4. The Kier molecular flexibility index (Phi) is 4.90. The Labute approximate surface area is 126 Å². The number of benzene rings is 2. The van der Waals surface area contributed by atoms with Crippen LogP contribution >= 0.6 is 11.6 Å². The summed E-state index contributed by atoms with van der Waals surface area (Å²) >= 11 is 5.98. The zero-order valence-corrected chi connectivity index (χ0v) is 11.7. The fourth-order valence-electron chi connectivity index (χ4n) is 1.88. The number of halogens is 1. The molecular weight excluding hydrogens is 294 g/mol. The third-order valence-electron chi connectivity index (χ3n) is 2.91. The molecule has 0 aliphatic heterocycles. The van der Waals surface area contributed by atoms with Crippen LogP contribution in [0.3, 0.4) is 0 Å². The van der Waals surface area contributed by atoms with Crippen LogP contribution in [0.1, 0.15) is 15.9 Å². The van der Waals surface area contributed by atoms with E-state index in [0.29, 0.717) is 34.6 Å². The van der Waals surface area contributed by atoms with Crippen LogP contribution in [0.15, 0.2) is 42.5 Å². The minimum Gasteiger partial charge on any atom is -0.492 e. The van der Waals surface area contributed by atoms with Crippen molar-refractivity contribution in [1.82, 2.24) is 0 Å². The van der Waals surface area contributed by atoms with E-state index >= 15 is 0 Å². The molecule has 0 N–H and O–H groups in total. The molecule has 0 saturated heterocycles. The average Bonchev–Trinajstić information content (AvgIpc) is 2.49. The summed E-state index contributed by atoms with van der Waals surface area (Å²) < 4.78 is 5.50. The standard InChI is InChI=1S/C15H12ClNO4/c16-13-9-11(10-18)5-6-15(13)21-8-7-12-3-1-2-4-14(12)17(19)20/h1-6,9-10H,7-8H2. The van der Waals surface area contributed by atoms with E-state index in [0.717, 1.165) is 0 Å². The normalized spacial score (nSPS) is 10.1. The van der Waals surface area contributed by atoms with Crippen molar-refractivity contribution in [1.29, 1.82) is 0 Å². The molecule has 2 aromatic carbocycles. The van der Waals surface area contributed by atoms with Crippen molar-refractivity contribution in [3.63, 3.8) is 0 Å². The fraction of sp³-hybridized carbons (Fsp3) is 0.133. The fourth-order valence-corrected chi connectivity index (χ4v) is 2.12. The Balaban J connectivity index is 2.02. The summed E-state index contributed by atoms with van der Waals surface area (Å²) in [6.45, 7) is 0.255. The molecule has 0 fully saturated rings. The summed E-state index contributed by atoms with van der Waals surface area (Å²) in [6.07, 6.45) is 1.09. The highest BCUT2D eigenvalue weighted by molar-refractivity contribution is 6.32. The van der Waals surface area contributed by atoms with Gasteiger partial charge in [-0.25, -0.2) is 0 Å². The number of para-hydroxylation sites is 1. The molecule has 0 atom stereocenters. The molecule has 21 heavy (non-hydrogen) atoms. The zero-order valence-electron chi connectivity index (χ0n) is 11.0. The van der Waals surface area contributed by atoms with Gasteiger partial charge in [0.1, 0.15) is 12.0 Å². The topological polar surface area (TPSA) is 69.4 Å². The predicted octanol–water partition coefficient (Wildman–Crippen LogP) is 3.68. The first kappa shape index (κ1) is 15.0. The molecule has 0 saturated carbocycles. The highest BCUT2D eigenvalue weighted by atomic mass is 35.5. The second-order valence-electron chi connectivity index (χ2n) is 4.29. The number of hydrogen-bond donors (Lipinski definition) is 0. The second-order valence-corrected chi connectivity index (χ2v) is 4.70. The lowest BCUT2D eigenvalue weighted by Crippen LogP contribution is -2.04. The molecule has 0 spiro atoms. The Morgan fingerprint density at radius 1 is 1.24 bits per heavy atom. The van der Waals surface area contributed by atoms with Gasteiger partial charge in [0.25, 0.3) is 5.69 Å². The molecule has 2 rings (SSSR count). The van der Waals surface area contributed by atoms with Gasteiger partial charge >= 0.3 is 0 Å². The Morgan fingerprint density at radius 2 is 2.00 bits per heavy atom. The van der Waals surface area contributed by atoms with Crippen LogP contribution < -0.4 is 4.74 Å². The molecule has 0 bridgehead atoms. The average molecular weight is 306 g/mol. The highest BCUT2D eigenvalue weighted by Crippen LogP contribution is 2.25. The molecule has 0 aromatic heterocycles. The van der Waals surface area contributed by atoms with Crippen LogP contribution in [0, 0.1) is 10.1 Å². The largest absolute Gasteiger partial charge is 0.492 e. The number of nitrogens with zero attached hydrogens (tertiary/aromatic N) is 1. The van der Waals surface area contributed by atoms with E-state index in [1.165, 1.54) is 12.1 Å². The molecule has 0 aliphatic carbocycles. The number of ether oxygens (including phenoxy) is 1. The number of carbonyl (C=O) groups is 1. The molecular formula is C15H12ClNO4. The molecule has 6 heteroatoms. The lowest BCUT2D eigenvalue weighted by Gasteiger charge is -2.08. The monoisotopic (exact) mass is 305 g/mol. The minimum absolute atomic E-state index is 0.0727. The van der Waals surface area contributed by atoms with Crippen molar-refractivity contribution in [3.05, 3.63) is 68.7 Å². The number of aldehydes is 1. The first-order valence-electron chi connectivity index (χ1n) is 6.21. The SMILES string of the molecule is O=Cc1ccc(OCCc2ccccc2[N+](=O)[O-])c(Cl)c1. The zero-order chi connectivity index (χ0) is 15.2. The second kappa shape index (κ2) is 6.85.